The normalized spacial score (nSPS) is 11.7. The summed E-state index contributed by atoms with van der Waals surface area (Å²) < 4.78 is 5.62. The molecule has 2 nitrogen and oxygen atoms in total. The maximum atomic E-state index is 9.81. The average molecular weight is 202 g/mol. The molecular formula is C12H26O2. The van der Waals surface area contributed by atoms with Gasteiger partial charge in [0, 0.05) is 6.42 Å². The highest BCUT2D eigenvalue weighted by Crippen LogP contribution is 2.17. The van der Waals surface area contributed by atoms with Gasteiger partial charge in [-0.25, -0.2) is 0 Å². The first-order valence-electron chi connectivity index (χ1n) is 5.17. The van der Waals surface area contributed by atoms with Crippen molar-refractivity contribution in [2.24, 2.45) is 0 Å². The Morgan fingerprint density at radius 3 is 1.21 bits per heavy atom. The van der Waals surface area contributed by atoms with Crippen LogP contribution in [0.1, 0.15) is 61.8 Å². The Morgan fingerprint density at radius 2 is 1.21 bits per heavy atom. The van der Waals surface area contributed by atoms with E-state index in [-0.39, 0.29) is 17.0 Å². The fourth-order valence-corrected chi connectivity index (χ4v) is 0.919. The van der Waals surface area contributed by atoms with Gasteiger partial charge in [-0.05, 0) is 48.5 Å². The second-order valence-corrected chi connectivity index (χ2v) is 5.38. The number of ether oxygens (including phenoxy) is 1. The highest BCUT2D eigenvalue weighted by Gasteiger charge is 2.19. The molecule has 0 bridgehead atoms. The van der Waals surface area contributed by atoms with Gasteiger partial charge in [0.2, 0.25) is 0 Å². The van der Waals surface area contributed by atoms with Gasteiger partial charge in [0.1, 0.15) is 5.78 Å². The molecule has 0 unspecified atom stereocenters. The molecule has 0 aliphatic rings. The predicted octanol–water partition coefficient (Wildman–Crippen LogP) is 3.59. The molecule has 0 saturated heterocycles. The molecule has 0 aliphatic heterocycles. The lowest BCUT2D eigenvalue weighted by molar-refractivity contribution is -0.116. The summed E-state index contributed by atoms with van der Waals surface area (Å²) in [5.74, 6) is 0.255. The van der Waals surface area contributed by atoms with E-state index in [9.17, 15) is 4.79 Å². The van der Waals surface area contributed by atoms with Crippen LogP contribution in [0.5, 0.6) is 0 Å². The largest absolute Gasteiger partial charge is 0.370 e. The lowest BCUT2D eigenvalue weighted by atomic mass is 10.1. The molecule has 0 amide bonds. The van der Waals surface area contributed by atoms with Gasteiger partial charge in [0.15, 0.2) is 0 Å². The van der Waals surface area contributed by atoms with E-state index in [0.29, 0.717) is 6.42 Å². The quantitative estimate of drug-likeness (QED) is 0.649. The molecule has 0 saturated carbocycles. The molecule has 2 heteroatoms. The highest BCUT2D eigenvalue weighted by molar-refractivity contribution is 5.74. The summed E-state index contributed by atoms with van der Waals surface area (Å²) in [5, 5.41) is 0. The molecule has 0 spiro atoms. The lowest BCUT2D eigenvalue weighted by Crippen LogP contribution is -2.31. The molecular weight excluding hydrogens is 176 g/mol. The van der Waals surface area contributed by atoms with Crippen LogP contribution in [0.25, 0.3) is 0 Å². The molecule has 0 aliphatic carbocycles. The molecule has 0 aromatic carbocycles. The topological polar surface area (TPSA) is 26.3 Å². The number of carbonyl (C=O) groups excluding carboxylic acids is 1. The summed E-state index contributed by atoms with van der Waals surface area (Å²) in [5.41, 5.74) is -0.0312. The summed E-state index contributed by atoms with van der Waals surface area (Å²) in [4.78, 5) is 9.81. The van der Waals surface area contributed by atoms with Crippen LogP contribution in [0, 0.1) is 0 Å². The van der Waals surface area contributed by atoms with Crippen LogP contribution in [0.3, 0.4) is 0 Å². The van der Waals surface area contributed by atoms with Gasteiger partial charge in [0.05, 0.1) is 11.2 Å². The number of rotatable bonds is 1. The Kier molecular flexibility index (Phi) is 7.09. The van der Waals surface area contributed by atoms with E-state index in [1.807, 2.05) is 6.92 Å². The minimum atomic E-state index is -0.0156. The third-order valence-electron chi connectivity index (χ3n) is 1.11. The van der Waals surface area contributed by atoms with E-state index in [2.05, 4.69) is 41.5 Å². The van der Waals surface area contributed by atoms with Gasteiger partial charge >= 0.3 is 0 Å². The highest BCUT2D eigenvalue weighted by atomic mass is 16.5. The number of hydrogen-bond donors (Lipinski definition) is 0. The van der Waals surface area contributed by atoms with Crippen molar-refractivity contribution in [1.29, 1.82) is 0 Å². The van der Waals surface area contributed by atoms with Gasteiger partial charge in [-0.3, -0.25) is 0 Å². The van der Waals surface area contributed by atoms with E-state index in [4.69, 9.17) is 4.74 Å². The van der Waals surface area contributed by atoms with E-state index >= 15 is 0 Å². The third kappa shape index (κ3) is 22.6. The van der Waals surface area contributed by atoms with Crippen molar-refractivity contribution in [3.8, 4) is 0 Å². The minimum Gasteiger partial charge on any atom is -0.370 e. The zero-order valence-electron chi connectivity index (χ0n) is 11.0. The fraction of sp³-hybridized carbons (Fsp3) is 0.917. The maximum Gasteiger partial charge on any atom is 0.129 e. The third-order valence-corrected chi connectivity index (χ3v) is 1.11. The summed E-state index contributed by atoms with van der Waals surface area (Å²) in [6, 6.07) is 0. The second-order valence-electron chi connectivity index (χ2n) is 5.38. The Balaban J connectivity index is 0. The minimum absolute atomic E-state index is 0.0156. The maximum absolute atomic E-state index is 9.81. The number of ketones is 1. The van der Waals surface area contributed by atoms with E-state index in [0.717, 1.165) is 0 Å². The molecule has 0 fully saturated rings. The van der Waals surface area contributed by atoms with Crippen LogP contribution < -0.4 is 0 Å². The zero-order chi connectivity index (χ0) is 12.0. The molecule has 86 valence electrons. The first-order chi connectivity index (χ1) is 5.98. The standard InChI is InChI=1S/C8H18O.C4H8O/c1-7(2,3)9-8(4,5)6;1-3-4(2)5/h1-6H3;3H2,1-2H3. The first-order valence-corrected chi connectivity index (χ1v) is 5.17. The van der Waals surface area contributed by atoms with Crippen molar-refractivity contribution in [3.05, 3.63) is 0 Å². The summed E-state index contributed by atoms with van der Waals surface area (Å²) in [6.45, 7) is 15.8. The molecule has 0 aromatic rings. The van der Waals surface area contributed by atoms with Crippen molar-refractivity contribution < 1.29 is 9.53 Å². The number of carbonyl (C=O) groups is 1. The van der Waals surface area contributed by atoms with Crippen molar-refractivity contribution in [2.75, 3.05) is 0 Å². The van der Waals surface area contributed by atoms with Gasteiger partial charge in [0.25, 0.3) is 0 Å². The Morgan fingerprint density at radius 1 is 1.00 bits per heavy atom. The Hall–Kier alpha value is -0.370. The van der Waals surface area contributed by atoms with E-state index in [1.54, 1.807) is 6.92 Å². The fourth-order valence-electron chi connectivity index (χ4n) is 0.919. The van der Waals surface area contributed by atoms with Gasteiger partial charge < -0.3 is 9.53 Å². The summed E-state index contributed by atoms with van der Waals surface area (Å²) >= 11 is 0. The van der Waals surface area contributed by atoms with Gasteiger partial charge in [-0.15, -0.1) is 0 Å². The first kappa shape index (κ1) is 16.1. The SMILES string of the molecule is CC(C)(C)OC(C)(C)C.CCC(C)=O. The van der Waals surface area contributed by atoms with E-state index in [1.165, 1.54) is 0 Å². The van der Waals surface area contributed by atoms with Crippen molar-refractivity contribution in [2.45, 2.75) is 73.0 Å². The molecule has 0 N–H and O–H groups in total. The van der Waals surface area contributed by atoms with Crippen LogP contribution in [-0.4, -0.2) is 17.0 Å². The smallest absolute Gasteiger partial charge is 0.129 e. The zero-order valence-corrected chi connectivity index (χ0v) is 11.0. The molecule has 0 radical (unpaired) electrons. The lowest BCUT2D eigenvalue weighted by Gasteiger charge is -2.30. The van der Waals surface area contributed by atoms with Crippen LogP contribution in [-0.2, 0) is 9.53 Å². The summed E-state index contributed by atoms with van der Waals surface area (Å²) in [6.07, 6.45) is 0.667. The average Bonchev–Trinajstić information content (AvgIpc) is 1.80. The predicted molar refractivity (Wildman–Crippen MR) is 61.6 cm³/mol. The molecule has 0 rings (SSSR count). The Labute approximate surface area is 89.0 Å². The van der Waals surface area contributed by atoms with Crippen LogP contribution in [0.15, 0.2) is 0 Å². The van der Waals surface area contributed by atoms with Crippen LogP contribution in [0.2, 0.25) is 0 Å². The number of hydrogen-bond acceptors (Lipinski definition) is 2. The van der Waals surface area contributed by atoms with Crippen molar-refractivity contribution in [1.82, 2.24) is 0 Å². The van der Waals surface area contributed by atoms with Crippen LogP contribution in [0.4, 0.5) is 0 Å². The Bertz CT molecular complexity index is 146. The summed E-state index contributed by atoms with van der Waals surface area (Å²) in [7, 11) is 0. The van der Waals surface area contributed by atoms with Gasteiger partial charge in [-0.2, -0.15) is 0 Å². The van der Waals surface area contributed by atoms with Crippen LogP contribution >= 0.6 is 0 Å². The van der Waals surface area contributed by atoms with E-state index < -0.39 is 0 Å². The molecule has 0 heterocycles. The molecule has 0 atom stereocenters. The second kappa shape index (κ2) is 6.18. The van der Waals surface area contributed by atoms with Crippen molar-refractivity contribution >= 4 is 5.78 Å². The van der Waals surface area contributed by atoms with Gasteiger partial charge in [-0.1, -0.05) is 6.92 Å². The molecule has 0 aromatic heterocycles. The monoisotopic (exact) mass is 202 g/mol. The molecule has 14 heavy (non-hydrogen) atoms. The van der Waals surface area contributed by atoms with Crippen molar-refractivity contribution in [3.63, 3.8) is 0 Å². The number of Topliss-reactive ketones (excluding diaryl/α,β-unsaturated/α-hetero) is 1.